The van der Waals surface area contributed by atoms with Crippen LogP contribution in [0, 0.1) is 5.92 Å². The number of hydrogen-bond acceptors (Lipinski definition) is 1. The molecule has 80 valence electrons. The molecule has 1 rings (SSSR count). The van der Waals surface area contributed by atoms with Gasteiger partial charge in [-0.05, 0) is 37.2 Å². The zero-order valence-corrected chi connectivity index (χ0v) is 9.04. The van der Waals surface area contributed by atoms with E-state index in [2.05, 4.69) is 13.2 Å². The molecule has 0 heterocycles. The van der Waals surface area contributed by atoms with Crippen molar-refractivity contribution in [2.24, 2.45) is 5.92 Å². The molecule has 1 atom stereocenters. The Kier molecular flexibility index (Phi) is 4.95. The van der Waals surface area contributed by atoms with Gasteiger partial charge >= 0.3 is 0 Å². The molecule has 1 fully saturated rings. The average Bonchev–Trinajstić information content (AvgIpc) is 2.26. The summed E-state index contributed by atoms with van der Waals surface area (Å²) in [5.74, 6) is 0.573. The van der Waals surface area contributed by atoms with Crippen molar-refractivity contribution in [1.82, 2.24) is 0 Å². The minimum Gasteiger partial charge on any atom is -0.389 e. The van der Waals surface area contributed by atoms with Crippen LogP contribution in [0.1, 0.15) is 44.9 Å². The lowest BCUT2D eigenvalue weighted by Crippen LogP contribution is -2.19. The summed E-state index contributed by atoms with van der Waals surface area (Å²) in [6.45, 7) is 7.71. The Bertz CT molecular complexity index is 189. The third-order valence-corrected chi connectivity index (χ3v) is 3.20. The van der Waals surface area contributed by atoms with Crippen molar-refractivity contribution in [3.05, 3.63) is 24.8 Å². The third kappa shape index (κ3) is 3.30. The maximum absolute atomic E-state index is 9.85. The molecule has 0 bridgehead atoms. The van der Waals surface area contributed by atoms with Crippen LogP contribution in [0.25, 0.3) is 0 Å². The predicted octanol–water partition coefficient (Wildman–Crippen LogP) is 3.45. The van der Waals surface area contributed by atoms with Crippen LogP contribution < -0.4 is 0 Å². The number of allylic oxidation sites excluding steroid dienone is 1. The standard InChI is InChI=1S/C13H22O/c1-3-4-10-13(14)11(2)12-8-6-5-7-9-12/h3,12-14H,1-2,4-10H2. The van der Waals surface area contributed by atoms with Crippen molar-refractivity contribution in [2.45, 2.75) is 51.0 Å². The molecule has 0 aromatic carbocycles. The minimum atomic E-state index is -0.309. The Balaban J connectivity index is 2.34. The second kappa shape index (κ2) is 6.02. The van der Waals surface area contributed by atoms with Crippen LogP contribution in [0.2, 0.25) is 0 Å². The first-order valence-electron chi connectivity index (χ1n) is 5.73. The number of aliphatic hydroxyl groups excluding tert-OH is 1. The van der Waals surface area contributed by atoms with E-state index in [9.17, 15) is 5.11 Å². The molecule has 0 aromatic rings. The van der Waals surface area contributed by atoms with Crippen molar-refractivity contribution in [1.29, 1.82) is 0 Å². The molecule has 0 aromatic heterocycles. The van der Waals surface area contributed by atoms with Crippen molar-refractivity contribution in [3.63, 3.8) is 0 Å². The fourth-order valence-corrected chi connectivity index (χ4v) is 2.21. The van der Waals surface area contributed by atoms with Crippen LogP contribution in [-0.2, 0) is 0 Å². The molecule has 0 radical (unpaired) electrons. The van der Waals surface area contributed by atoms with E-state index in [1.165, 1.54) is 32.1 Å². The summed E-state index contributed by atoms with van der Waals surface area (Å²) in [5, 5.41) is 9.85. The fourth-order valence-electron chi connectivity index (χ4n) is 2.21. The topological polar surface area (TPSA) is 20.2 Å². The SMILES string of the molecule is C=CCCC(O)C(=C)C1CCCCC1. The number of hydrogen-bond donors (Lipinski definition) is 1. The maximum atomic E-state index is 9.85. The van der Waals surface area contributed by atoms with Crippen LogP contribution in [0.15, 0.2) is 24.8 Å². The molecule has 1 aliphatic rings. The lowest BCUT2D eigenvalue weighted by atomic mass is 9.81. The molecule has 1 saturated carbocycles. The number of rotatable bonds is 5. The summed E-state index contributed by atoms with van der Waals surface area (Å²) in [6.07, 6.45) is 9.63. The largest absolute Gasteiger partial charge is 0.389 e. The first-order valence-corrected chi connectivity index (χ1v) is 5.73. The lowest BCUT2D eigenvalue weighted by molar-refractivity contribution is 0.180. The molecule has 0 aliphatic heterocycles. The third-order valence-electron chi connectivity index (χ3n) is 3.20. The molecule has 0 spiro atoms. The van der Waals surface area contributed by atoms with Gasteiger partial charge in [0.1, 0.15) is 0 Å². The van der Waals surface area contributed by atoms with Crippen molar-refractivity contribution in [2.75, 3.05) is 0 Å². The first-order chi connectivity index (χ1) is 6.75. The smallest absolute Gasteiger partial charge is 0.0753 e. The van der Waals surface area contributed by atoms with E-state index < -0.39 is 0 Å². The molecule has 1 nitrogen and oxygen atoms in total. The van der Waals surface area contributed by atoms with Crippen molar-refractivity contribution >= 4 is 0 Å². The van der Waals surface area contributed by atoms with E-state index in [-0.39, 0.29) is 6.10 Å². The first kappa shape index (κ1) is 11.5. The lowest BCUT2D eigenvalue weighted by Gasteiger charge is -2.26. The van der Waals surface area contributed by atoms with Gasteiger partial charge in [-0.2, -0.15) is 0 Å². The highest BCUT2D eigenvalue weighted by molar-refractivity contribution is 5.07. The van der Waals surface area contributed by atoms with Crippen LogP contribution >= 0.6 is 0 Å². The van der Waals surface area contributed by atoms with Crippen LogP contribution in [-0.4, -0.2) is 11.2 Å². The second-order valence-electron chi connectivity index (χ2n) is 4.29. The molecule has 1 heteroatoms. The Hall–Kier alpha value is -0.560. The highest BCUT2D eigenvalue weighted by Crippen LogP contribution is 2.31. The Morgan fingerprint density at radius 1 is 1.36 bits per heavy atom. The molecule has 0 saturated heterocycles. The molecule has 1 N–H and O–H groups in total. The minimum absolute atomic E-state index is 0.309. The predicted molar refractivity (Wildman–Crippen MR) is 61.2 cm³/mol. The van der Waals surface area contributed by atoms with E-state index in [1.807, 2.05) is 6.08 Å². The van der Waals surface area contributed by atoms with Gasteiger partial charge in [-0.25, -0.2) is 0 Å². The Labute approximate surface area is 87.5 Å². The summed E-state index contributed by atoms with van der Waals surface area (Å²) in [5.41, 5.74) is 1.06. The summed E-state index contributed by atoms with van der Waals surface area (Å²) in [7, 11) is 0. The molecular weight excluding hydrogens is 172 g/mol. The molecule has 0 amide bonds. The summed E-state index contributed by atoms with van der Waals surface area (Å²) >= 11 is 0. The van der Waals surface area contributed by atoms with Gasteiger partial charge in [0.05, 0.1) is 6.10 Å². The highest BCUT2D eigenvalue weighted by Gasteiger charge is 2.20. The molecule has 1 unspecified atom stereocenters. The zero-order chi connectivity index (χ0) is 10.4. The Morgan fingerprint density at radius 2 is 2.00 bits per heavy atom. The monoisotopic (exact) mass is 194 g/mol. The van der Waals surface area contributed by atoms with E-state index >= 15 is 0 Å². The van der Waals surface area contributed by atoms with Gasteiger partial charge in [0.2, 0.25) is 0 Å². The van der Waals surface area contributed by atoms with E-state index in [4.69, 9.17) is 0 Å². The summed E-state index contributed by atoms with van der Waals surface area (Å²) in [4.78, 5) is 0. The average molecular weight is 194 g/mol. The second-order valence-corrected chi connectivity index (χ2v) is 4.29. The van der Waals surface area contributed by atoms with Gasteiger partial charge in [0.15, 0.2) is 0 Å². The van der Waals surface area contributed by atoms with Gasteiger partial charge < -0.3 is 5.11 Å². The quantitative estimate of drug-likeness (QED) is 0.665. The van der Waals surface area contributed by atoms with E-state index in [1.54, 1.807) is 0 Å². The van der Waals surface area contributed by atoms with Crippen molar-refractivity contribution < 1.29 is 5.11 Å². The van der Waals surface area contributed by atoms with Gasteiger partial charge in [-0.15, -0.1) is 6.58 Å². The van der Waals surface area contributed by atoms with E-state index in [0.717, 1.165) is 18.4 Å². The van der Waals surface area contributed by atoms with Crippen LogP contribution in [0.4, 0.5) is 0 Å². The van der Waals surface area contributed by atoms with Crippen LogP contribution in [0.3, 0.4) is 0 Å². The summed E-state index contributed by atoms with van der Waals surface area (Å²) in [6, 6.07) is 0. The van der Waals surface area contributed by atoms with Gasteiger partial charge in [-0.3, -0.25) is 0 Å². The molecular formula is C13H22O. The van der Waals surface area contributed by atoms with E-state index in [0.29, 0.717) is 5.92 Å². The normalized spacial score (nSPS) is 20.4. The fraction of sp³-hybridized carbons (Fsp3) is 0.692. The van der Waals surface area contributed by atoms with Gasteiger partial charge in [-0.1, -0.05) is 31.9 Å². The van der Waals surface area contributed by atoms with Gasteiger partial charge in [0.25, 0.3) is 0 Å². The van der Waals surface area contributed by atoms with Crippen LogP contribution in [0.5, 0.6) is 0 Å². The van der Waals surface area contributed by atoms with Gasteiger partial charge in [0, 0.05) is 0 Å². The number of aliphatic hydroxyl groups is 1. The zero-order valence-electron chi connectivity index (χ0n) is 9.04. The highest BCUT2D eigenvalue weighted by atomic mass is 16.3. The van der Waals surface area contributed by atoms with Crippen molar-refractivity contribution in [3.8, 4) is 0 Å². The Morgan fingerprint density at radius 3 is 2.57 bits per heavy atom. The molecule has 1 aliphatic carbocycles. The molecule has 14 heavy (non-hydrogen) atoms. The maximum Gasteiger partial charge on any atom is 0.0753 e. The summed E-state index contributed by atoms with van der Waals surface area (Å²) < 4.78 is 0.